The van der Waals surface area contributed by atoms with Gasteiger partial charge in [0.25, 0.3) is 0 Å². The average molecular weight is 415 g/mol. The van der Waals surface area contributed by atoms with E-state index in [1.807, 2.05) is 6.92 Å². The van der Waals surface area contributed by atoms with E-state index in [9.17, 15) is 21.6 Å². The highest BCUT2D eigenvalue weighted by Crippen LogP contribution is 1.99. The molecule has 1 atom stereocenters. The molecule has 0 aliphatic rings. The van der Waals surface area contributed by atoms with Crippen LogP contribution in [0.25, 0.3) is 0 Å². The van der Waals surface area contributed by atoms with Gasteiger partial charge >= 0.3 is 5.97 Å². The number of esters is 1. The summed E-state index contributed by atoms with van der Waals surface area (Å²) >= 11 is 0. The first-order valence-electron chi connectivity index (χ1n) is 8.28. The predicted octanol–water partition coefficient (Wildman–Crippen LogP) is 0.150. The molecular weight excluding hydrogens is 384 g/mol. The van der Waals surface area contributed by atoms with Crippen LogP contribution >= 0.6 is 0 Å². The van der Waals surface area contributed by atoms with Gasteiger partial charge in [-0.3, -0.25) is 0 Å². The number of carbonyl (C=O) groups is 1. The van der Waals surface area contributed by atoms with Crippen LogP contribution in [0.15, 0.2) is 12.2 Å². The lowest BCUT2D eigenvalue weighted by atomic mass is 10.2. The van der Waals surface area contributed by atoms with Gasteiger partial charge in [0.2, 0.25) is 20.0 Å². The first-order valence-corrected chi connectivity index (χ1v) is 11.8. The highest BCUT2D eigenvalue weighted by molar-refractivity contribution is 8.04. The van der Waals surface area contributed by atoms with Crippen molar-refractivity contribution in [2.75, 3.05) is 38.4 Å². The zero-order chi connectivity index (χ0) is 20.2. The number of nitrogens with one attached hydrogen (secondary N) is 2. The Morgan fingerprint density at radius 2 is 1.73 bits per heavy atom. The molecule has 0 bridgehead atoms. The molecule has 0 aromatic carbocycles. The summed E-state index contributed by atoms with van der Waals surface area (Å²) in [5, 5.41) is 3.21. The summed E-state index contributed by atoms with van der Waals surface area (Å²) in [6.07, 6.45) is 2.64. The van der Waals surface area contributed by atoms with Crippen LogP contribution in [0.2, 0.25) is 0 Å². The Kier molecular flexibility index (Phi) is 11.9. The Morgan fingerprint density at radius 3 is 2.31 bits per heavy atom. The molecule has 0 heterocycles. The average Bonchev–Trinajstić information content (AvgIpc) is 2.47. The molecule has 11 heteroatoms. The molecule has 0 rings (SSSR count). The smallest absolute Gasteiger partial charge is 0.333 e. The molecule has 0 saturated carbocycles. The minimum atomic E-state index is -3.84. The fourth-order valence-electron chi connectivity index (χ4n) is 1.89. The van der Waals surface area contributed by atoms with E-state index in [1.54, 1.807) is 11.1 Å². The van der Waals surface area contributed by atoms with Crippen LogP contribution in [-0.2, 0) is 34.3 Å². The lowest BCUT2D eigenvalue weighted by molar-refractivity contribution is -0.138. The predicted molar refractivity (Wildman–Crippen MR) is 99.7 cm³/mol. The largest absolute Gasteiger partial charge is 0.461 e. The minimum absolute atomic E-state index is 0.215. The lowest BCUT2D eigenvalue weighted by Crippen LogP contribution is -2.32. The van der Waals surface area contributed by atoms with Gasteiger partial charge in [0.1, 0.15) is 6.61 Å². The molecule has 0 radical (unpaired) electrons. The highest BCUT2D eigenvalue weighted by atomic mass is 32.3. The molecular formula is C15H30N2O7S2. The number of ether oxygens (including phenoxy) is 2. The lowest BCUT2D eigenvalue weighted by Gasteiger charge is -2.14. The second-order valence-corrected chi connectivity index (χ2v) is 9.90. The minimum Gasteiger partial charge on any atom is -0.461 e. The zero-order valence-corrected chi connectivity index (χ0v) is 17.2. The van der Waals surface area contributed by atoms with Gasteiger partial charge in [-0.05, 0) is 33.1 Å². The second kappa shape index (κ2) is 12.4. The third-order valence-corrected chi connectivity index (χ3v) is 6.14. The summed E-state index contributed by atoms with van der Waals surface area (Å²) in [5.41, 5.74) is 0.370. The van der Waals surface area contributed by atoms with Gasteiger partial charge in [0, 0.05) is 31.4 Å². The molecule has 0 aromatic rings. The van der Waals surface area contributed by atoms with Gasteiger partial charge in [-0.25, -0.2) is 21.6 Å². The van der Waals surface area contributed by atoms with Gasteiger partial charge in [-0.1, -0.05) is 6.58 Å². The zero-order valence-electron chi connectivity index (χ0n) is 15.6. The van der Waals surface area contributed by atoms with Gasteiger partial charge in [-0.15, -0.1) is 4.13 Å². The molecule has 0 aromatic heterocycles. The molecule has 0 aliphatic carbocycles. The fraction of sp³-hybridized carbons (Fsp3) is 0.800. The molecule has 154 valence electrons. The molecule has 0 amide bonds. The van der Waals surface area contributed by atoms with Crippen molar-refractivity contribution in [1.29, 1.82) is 0 Å². The van der Waals surface area contributed by atoms with Crippen LogP contribution < -0.4 is 9.44 Å². The van der Waals surface area contributed by atoms with E-state index in [0.29, 0.717) is 18.7 Å². The Balaban J connectivity index is 3.63. The van der Waals surface area contributed by atoms with Crippen molar-refractivity contribution >= 4 is 26.0 Å². The molecule has 0 spiro atoms. The van der Waals surface area contributed by atoms with Crippen molar-refractivity contribution < 1.29 is 31.1 Å². The van der Waals surface area contributed by atoms with Crippen molar-refractivity contribution in [2.45, 2.75) is 39.2 Å². The van der Waals surface area contributed by atoms with E-state index in [2.05, 4.69) is 11.9 Å². The third-order valence-electron chi connectivity index (χ3n) is 3.08. The molecule has 0 fully saturated rings. The van der Waals surface area contributed by atoms with E-state index in [1.165, 1.54) is 0 Å². The van der Waals surface area contributed by atoms with Gasteiger partial charge in [0.15, 0.2) is 0 Å². The second-order valence-electron chi connectivity index (χ2n) is 6.05. The Labute approximate surface area is 156 Å². The third kappa shape index (κ3) is 15.3. The monoisotopic (exact) mass is 414 g/mol. The normalized spacial score (nSPS) is 13.3. The fourth-order valence-corrected chi connectivity index (χ4v) is 4.57. The first-order chi connectivity index (χ1) is 11.9. The van der Waals surface area contributed by atoms with Crippen LogP contribution in [0.3, 0.4) is 0 Å². The number of hydrogen-bond acceptors (Lipinski definition) is 8. The van der Waals surface area contributed by atoms with Crippen LogP contribution in [0.1, 0.15) is 33.1 Å². The van der Waals surface area contributed by atoms with Crippen LogP contribution in [0.4, 0.5) is 0 Å². The van der Waals surface area contributed by atoms with Gasteiger partial charge in [-0.2, -0.15) is 0 Å². The Morgan fingerprint density at radius 1 is 1.12 bits per heavy atom. The van der Waals surface area contributed by atoms with E-state index in [0.717, 1.165) is 19.1 Å². The maximum atomic E-state index is 11.4. The summed E-state index contributed by atoms with van der Waals surface area (Å²) in [6, 6.07) is 0.224. The maximum Gasteiger partial charge on any atom is 0.333 e. The van der Waals surface area contributed by atoms with Gasteiger partial charge in [0.05, 0.1) is 12.0 Å². The molecule has 26 heavy (non-hydrogen) atoms. The standard InChI is InChI=1S/C15H30N2O7S2/c1-13(2)15(18)24-11-8-16-14(3)7-5-9-23-10-6-12-26(21,22)17-25(4,19)20/h14,16-17H,1,5-12H2,2-4H3. The summed E-state index contributed by atoms with van der Waals surface area (Å²) in [4.78, 5) is 11.2. The summed E-state index contributed by atoms with van der Waals surface area (Å²) < 4.78 is 56.6. The van der Waals surface area contributed by atoms with Crippen molar-refractivity contribution in [2.24, 2.45) is 0 Å². The van der Waals surface area contributed by atoms with Crippen molar-refractivity contribution in [3.05, 3.63) is 12.2 Å². The number of hydrogen-bond donors (Lipinski definition) is 2. The van der Waals surface area contributed by atoms with Crippen LogP contribution in [-0.4, -0.2) is 67.2 Å². The molecule has 1 unspecified atom stereocenters. The summed E-state index contributed by atoms with van der Waals surface area (Å²) in [6.45, 7) is 8.64. The topological polar surface area (TPSA) is 128 Å². The van der Waals surface area contributed by atoms with E-state index in [4.69, 9.17) is 9.47 Å². The van der Waals surface area contributed by atoms with Crippen LogP contribution in [0.5, 0.6) is 0 Å². The van der Waals surface area contributed by atoms with Crippen molar-refractivity contribution in [1.82, 2.24) is 9.44 Å². The van der Waals surface area contributed by atoms with E-state index >= 15 is 0 Å². The van der Waals surface area contributed by atoms with Gasteiger partial charge < -0.3 is 14.8 Å². The molecule has 0 aliphatic heterocycles. The van der Waals surface area contributed by atoms with Crippen LogP contribution in [0, 0.1) is 0 Å². The SMILES string of the molecule is C=C(C)C(=O)OCCNC(C)CCCOCCCS(=O)(=O)NS(C)(=O)=O. The van der Waals surface area contributed by atoms with Crippen molar-refractivity contribution in [3.8, 4) is 0 Å². The molecule has 2 N–H and O–H groups in total. The first kappa shape index (κ1) is 25.0. The maximum absolute atomic E-state index is 11.4. The summed E-state index contributed by atoms with van der Waals surface area (Å²) in [7, 11) is -7.62. The van der Waals surface area contributed by atoms with E-state index < -0.39 is 26.0 Å². The quantitative estimate of drug-likeness (QED) is 0.220. The Hall–Kier alpha value is -1.01. The number of carbonyl (C=O) groups excluding carboxylic acids is 1. The summed E-state index contributed by atoms with van der Waals surface area (Å²) in [5.74, 6) is -0.706. The van der Waals surface area contributed by atoms with Crippen molar-refractivity contribution in [3.63, 3.8) is 0 Å². The Bertz CT molecular complexity index is 645. The number of rotatable bonds is 15. The highest BCUT2D eigenvalue weighted by Gasteiger charge is 2.15. The molecule has 0 saturated heterocycles. The molecule has 9 nitrogen and oxygen atoms in total. The number of sulfonamides is 2. The van der Waals surface area contributed by atoms with E-state index in [-0.39, 0.29) is 31.4 Å².